The van der Waals surface area contributed by atoms with Gasteiger partial charge in [0.2, 0.25) is 0 Å². The third-order valence-electron chi connectivity index (χ3n) is 7.72. The van der Waals surface area contributed by atoms with E-state index in [1.165, 1.54) is 0 Å². The van der Waals surface area contributed by atoms with E-state index in [-0.39, 0.29) is 5.78 Å². The smallest absolute Gasteiger partial charge is 0.193 e. The molecule has 6 aromatic carbocycles. The average Bonchev–Trinajstić information content (AvgIpc) is 3.05. The van der Waals surface area contributed by atoms with Gasteiger partial charge in [0.05, 0.1) is 0 Å². The molecule has 0 radical (unpaired) electrons. The molecule has 1 heterocycles. The SMILES string of the molecule is O=C(c1ccccc1)c1ccc(C2=Cc3c(ccc4ccccc34)OC2(c2ccccc2)c2ccccc2)cc1. The zero-order valence-electron chi connectivity index (χ0n) is 21.8. The second-order valence-electron chi connectivity index (χ2n) is 10.0. The lowest BCUT2D eigenvalue weighted by molar-refractivity contribution is 0.103. The summed E-state index contributed by atoms with van der Waals surface area (Å²) in [5.74, 6) is 0.848. The van der Waals surface area contributed by atoms with Crippen molar-refractivity contribution < 1.29 is 9.53 Å². The van der Waals surface area contributed by atoms with Crippen molar-refractivity contribution in [3.63, 3.8) is 0 Å². The number of hydrogen-bond acceptors (Lipinski definition) is 2. The van der Waals surface area contributed by atoms with E-state index in [0.29, 0.717) is 11.1 Å². The maximum Gasteiger partial charge on any atom is 0.193 e. The highest BCUT2D eigenvalue weighted by molar-refractivity contribution is 6.09. The predicted octanol–water partition coefficient (Wildman–Crippen LogP) is 8.95. The molecule has 40 heavy (non-hydrogen) atoms. The van der Waals surface area contributed by atoms with Crippen molar-refractivity contribution in [2.24, 2.45) is 0 Å². The first-order chi connectivity index (χ1) is 19.7. The van der Waals surface area contributed by atoms with Gasteiger partial charge in [-0.05, 0) is 28.5 Å². The molecular weight excluding hydrogens is 488 g/mol. The lowest BCUT2D eigenvalue weighted by atomic mass is 9.74. The Morgan fingerprint density at radius 2 is 1.07 bits per heavy atom. The summed E-state index contributed by atoms with van der Waals surface area (Å²) in [6, 6.07) is 50.7. The number of hydrogen-bond donors (Lipinski definition) is 0. The van der Waals surface area contributed by atoms with Crippen molar-refractivity contribution in [3.8, 4) is 5.75 Å². The van der Waals surface area contributed by atoms with Gasteiger partial charge in [-0.25, -0.2) is 0 Å². The number of carbonyl (C=O) groups is 1. The zero-order chi connectivity index (χ0) is 26.9. The lowest BCUT2D eigenvalue weighted by Gasteiger charge is -2.41. The van der Waals surface area contributed by atoms with Crippen LogP contribution >= 0.6 is 0 Å². The minimum Gasteiger partial charge on any atom is -0.472 e. The van der Waals surface area contributed by atoms with Crippen LogP contribution in [0.15, 0.2) is 152 Å². The molecule has 0 bridgehead atoms. The van der Waals surface area contributed by atoms with Crippen LogP contribution < -0.4 is 4.74 Å². The van der Waals surface area contributed by atoms with E-state index in [4.69, 9.17) is 4.74 Å². The molecule has 0 saturated heterocycles. The number of rotatable bonds is 5. The minimum atomic E-state index is -0.886. The van der Waals surface area contributed by atoms with Crippen LogP contribution in [0, 0.1) is 0 Å². The van der Waals surface area contributed by atoms with E-state index in [9.17, 15) is 4.79 Å². The van der Waals surface area contributed by atoms with Gasteiger partial charge in [-0.3, -0.25) is 4.79 Å². The first kappa shape index (κ1) is 23.9. The molecule has 0 fully saturated rings. The van der Waals surface area contributed by atoms with Gasteiger partial charge in [-0.1, -0.05) is 146 Å². The van der Waals surface area contributed by atoms with Crippen molar-refractivity contribution >= 4 is 28.2 Å². The molecule has 1 aliphatic heterocycles. The third kappa shape index (κ3) is 3.93. The summed E-state index contributed by atoms with van der Waals surface area (Å²) in [7, 11) is 0. The Kier molecular flexibility index (Phi) is 5.87. The standard InChI is InChI=1S/C38H26O2/c39-37(29-13-4-1-5-14-29)30-22-20-28(21-23-30)35-26-34-33-19-11-10-12-27(33)24-25-36(34)40-38(35,31-15-6-2-7-16-31)32-17-8-3-9-18-32/h1-26H. The van der Waals surface area contributed by atoms with Gasteiger partial charge in [0.1, 0.15) is 5.75 Å². The average molecular weight is 515 g/mol. The van der Waals surface area contributed by atoms with E-state index in [1.807, 2.05) is 66.7 Å². The van der Waals surface area contributed by atoms with Crippen LogP contribution in [0.2, 0.25) is 0 Å². The van der Waals surface area contributed by atoms with E-state index in [0.717, 1.165) is 44.3 Å². The van der Waals surface area contributed by atoms with Crippen LogP contribution in [0.3, 0.4) is 0 Å². The Balaban J connectivity index is 1.47. The van der Waals surface area contributed by atoms with Gasteiger partial charge in [0.25, 0.3) is 0 Å². The van der Waals surface area contributed by atoms with Gasteiger partial charge in [0, 0.05) is 33.4 Å². The third-order valence-corrected chi connectivity index (χ3v) is 7.72. The van der Waals surface area contributed by atoms with E-state index in [1.54, 1.807) is 0 Å². The monoisotopic (exact) mass is 514 g/mol. The highest BCUT2D eigenvalue weighted by atomic mass is 16.5. The summed E-state index contributed by atoms with van der Waals surface area (Å²) in [5.41, 5.74) is 5.60. The molecule has 1 aliphatic rings. The largest absolute Gasteiger partial charge is 0.472 e. The zero-order valence-corrected chi connectivity index (χ0v) is 21.8. The first-order valence-electron chi connectivity index (χ1n) is 13.5. The molecule has 190 valence electrons. The maximum absolute atomic E-state index is 13.2. The molecule has 0 amide bonds. The molecule has 0 aliphatic carbocycles. The van der Waals surface area contributed by atoms with Gasteiger partial charge in [-0.15, -0.1) is 0 Å². The molecule has 0 saturated carbocycles. The molecule has 0 atom stereocenters. The fourth-order valence-corrected chi connectivity index (χ4v) is 5.76. The predicted molar refractivity (Wildman–Crippen MR) is 162 cm³/mol. The summed E-state index contributed by atoms with van der Waals surface area (Å²) in [6.45, 7) is 0. The Bertz CT molecular complexity index is 1810. The summed E-state index contributed by atoms with van der Waals surface area (Å²) in [4.78, 5) is 13.2. The van der Waals surface area contributed by atoms with Gasteiger partial charge in [-0.2, -0.15) is 0 Å². The van der Waals surface area contributed by atoms with Crippen LogP contribution in [-0.4, -0.2) is 5.78 Å². The molecular formula is C38H26O2. The van der Waals surface area contributed by atoms with Gasteiger partial charge < -0.3 is 4.74 Å². The fraction of sp³-hybridized carbons (Fsp3) is 0.0263. The van der Waals surface area contributed by atoms with Crippen LogP contribution in [-0.2, 0) is 5.60 Å². The van der Waals surface area contributed by atoms with Crippen LogP contribution in [0.1, 0.15) is 38.2 Å². The molecule has 6 aromatic rings. The second-order valence-corrected chi connectivity index (χ2v) is 10.0. The Morgan fingerprint density at radius 1 is 0.525 bits per heavy atom. The first-order valence-corrected chi connectivity index (χ1v) is 13.5. The summed E-state index contributed by atoms with van der Waals surface area (Å²) >= 11 is 0. The highest BCUT2D eigenvalue weighted by Gasteiger charge is 2.44. The molecule has 0 spiro atoms. The molecule has 0 N–H and O–H groups in total. The van der Waals surface area contributed by atoms with Crippen molar-refractivity contribution in [3.05, 3.63) is 185 Å². The number of ketones is 1. The quantitative estimate of drug-likeness (QED) is 0.215. The Morgan fingerprint density at radius 3 is 1.73 bits per heavy atom. The highest BCUT2D eigenvalue weighted by Crippen LogP contribution is 2.51. The van der Waals surface area contributed by atoms with Crippen molar-refractivity contribution in [1.82, 2.24) is 0 Å². The molecule has 0 aromatic heterocycles. The van der Waals surface area contributed by atoms with Crippen molar-refractivity contribution in [1.29, 1.82) is 0 Å². The normalized spacial score (nSPS) is 13.7. The van der Waals surface area contributed by atoms with E-state index >= 15 is 0 Å². The van der Waals surface area contributed by atoms with E-state index in [2.05, 4.69) is 91.0 Å². The summed E-state index contributed by atoms with van der Waals surface area (Å²) < 4.78 is 7.18. The van der Waals surface area contributed by atoms with E-state index < -0.39 is 5.60 Å². The Hall–Kier alpha value is -5.21. The van der Waals surface area contributed by atoms with Crippen LogP contribution in [0.5, 0.6) is 5.75 Å². The molecule has 7 rings (SSSR count). The lowest BCUT2D eigenvalue weighted by Crippen LogP contribution is -2.38. The maximum atomic E-state index is 13.2. The van der Waals surface area contributed by atoms with Crippen molar-refractivity contribution in [2.45, 2.75) is 5.60 Å². The Labute approximate surface area is 233 Å². The fourth-order valence-electron chi connectivity index (χ4n) is 5.76. The summed E-state index contributed by atoms with van der Waals surface area (Å²) in [5, 5.41) is 2.30. The van der Waals surface area contributed by atoms with Crippen LogP contribution in [0.25, 0.3) is 22.4 Å². The van der Waals surface area contributed by atoms with Gasteiger partial charge in [0.15, 0.2) is 11.4 Å². The number of carbonyl (C=O) groups excluding carboxylic acids is 1. The van der Waals surface area contributed by atoms with Crippen LogP contribution in [0.4, 0.5) is 0 Å². The van der Waals surface area contributed by atoms with Gasteiger partial charge >= 0.3 is 0 Å². The number of fused-ring (bicyclic) bond motifs is 3. The van der Waals surface area contributed by atoms with Crippen molar-refractivity contribution in [2.75, 3.05) is 0 Å². The number of ether oxygens (including phenoxy) is 1. The number of benzene rings is 6. The summed E-state index contributed by atoms with van der Waals surface area (Å²) in [6.07, 6.45) is 2.27. The minimum absolute atomic E-state index is 0.00902. The topological polar surface area (TPSA) is 26.3 Å². The second kappa shape index (κ2) is 9.83. The molecule has 2 heteroatoms. The molecule has 2 nitrogen and oxygen atoms in total. The molecule has 0 unspecified atom stereocenters.